The fourth-order valence-corrected chi connectivity index (χ4v) is 2.38. The number of rotatable bonds is 4. The van der Waals surface area contributed by atoms with E-state index in [4.69, 9.17) is 0 Å². The van der Waals surface area contributed by atoms with E-state index in [1.165, 1.54) is 5.56 Å². The van der Waals surface area contributed by atoms with Crippen LogP contribution in [0.15, 0.2) is 35.2 Å². The number of aryl methyl sites for hydroxylation is 2. The van der Waals surface area contributed by atoms with Crippen molar-refractivity contribution in [2.45, 2.75) is 25.9 Å². The van der Waals surface area contributed by atoms with Gasteiger partial charge >= 0.3 is 0 Å². The van der Waals surface area contributed by atoms with Crippen molar-refractivity contribution in [3.05, 3.63) is 52.0 Å². The van der Waals surface area contributed by atoms with E-state index in [-0.39, 0.29) is 6.10 Å². The standard InChI is InChI=1S/C13H15NOS/c1-10-8-12(4-6-14-10)13(15)3-2-11-5-7-16-9-11/h4-9,13,15H,2-3H2,1H3. The van der Waals surface area contributed by atoms with Crippen LogP contribution in [0, 0.1) is 6.92 Å². The summed E-state index contributed by atoms with van der Waals surface area (Å²) in [6.07, 6.45) is 3.05. The number of nitrogens with zero attached hydrogens (tertiary/aromatic N) is 1. The maximum atomic E-state index is 10.0. The van der Waals surface area contributed by atoms with Crippen LogP contribution in [0.25, 0.3) is 0 Å². The summed E-state index contributed by atoms with van der Waals surface area (Å²) < 4.78 is 0. The van der Waals surface area contributed by atoms with Gasteiger partial charge in [0, 0.05) is 11.9 Å². The Balaban J connectivity index is 1.95. The molecule has 3 heteroatoms. The monoisotopic (exact) mass is 233 g/mol. The molecule has 0 spiro atoms. The molecule has 1 atom stereocenters. The van der Waals surface area contributed by atoms with Crippen molar-refractivity contribution in [1.29, 1.82) is 0 Å². The first-order chi connectivity index (χ1) is 7.75. The lowest BCUT2D eigenvalue weighted by Crippen LogP contribution is -2.00. The first-order valence-corrected chi connectivity index (χ1v) is 6.31. The second-order valence-corrected chi connectivity index (χ2v) is 4.70. The van der Waals surface area contributed by atoms with Crippen molar-refractivity contribution in [1.82, 2.24) is 4.98 Å². The SMILES string of the molecule is Cc1cc(C(O)CCc2ccsc2)ccn1. The summed E-state index contributed by atoms with van der Waals surface area (Å²) in [5.74, 6) is 0. The molecule has 1 N–H and O–H groups in total. The maximum absolute atomic E-state index is 10.0. The van der Waals surface area contributed by atoms with Gasteiger partial charge in [-0.25, -0.2) is 0 Å². The zero-order valence-electron chi connectivity index (χ0n) is 9.26. The summed E-state index contributed by atoms with van der Waals surface area (Å²) in [4.78, 5) is 4.12. The van der Waals surface area contributed by atoms with Crippen molar-refractivity contribution >= 4 is 11.3 Å². The third-order valence-corrected chi connectivity index (χ3v) is 3.32. The Morgan fingerprint density at radius 1 is 1.44 bits per heavy atom. The predicted molar refractivity (Wildman–Crippen MR) is 66.6 cm³/mol. The molecule has 2 heterocycles. The molecule has 2 aromatic heterocycles. The Labute approximate surface area is 99.6 Å². The van der Waals surface area contributed by atoms with Gasteiger partial charge in [-0.15, -0.1) is 0 Å². The van der Waals surface area contributed by atoms with Crippen LogP contribution in [0.1, 0.15) is 29.3 Å². The molecule has 1 unspecified atom stereocenters. The van der Waals surface area contributed by atoms with Crippen molar-refractivity contribution in [2.24, 2.45) is 0 Å². The van der Waals surface area contributed by atoms with Gasteiger partial charge in [0.05, 0.1) is 6.10 Å². The minimum atomic E-state index is -0.387. The Morgan fingerprint density at radius 3 is 3.00 bits per heavy atom. The lowest BCUT2D eigenvalue weighted by molar-refractivity contribution is 0.167. The van der Waals surface area contributed by atoms with E-state index < -0.39 is 0 Å². The van der Waals surface area contributed by atoms with Crippen LogP contribution < -0.4 is 0 Å². The van der Waals surface area contributed by atoms with Gasteiger partial charge < -0.3 is 5.11 Å². The topological polar surface area (TPSA) is 33.1 Å². The van der Waals surface area contributed by atoms with Crippen LogP contribution in [0.4, 0.5) is 0 Å². The molecule has 0 aromatic carbocycles. The quantitative estimate of drug-likeness (QED) is 0.880. The van der Waals surface area contributed by atoms with Crippen molar-refractivity contribution in [3.8, 4) is 0 Å². The van der Waals surface area contributed by atoms with Gasteiger partial charge in [-0.2, -0.15) is 11.3 Å². The van der Waals surface area contributed by atoms with Crippen LogP contribution in [-0.2, 0) is 6.42 Å². The average Bonchev–Trinajstić information content (AvgIpc) is 2.78. The maximum Gasteiger partial charge on any atom is 0.0794 e. The molecule has 0 radical (unpaired) electrons. The lowest BCUT2D eigenvalue weighted by atomic mass is 10.0. The number of aromatic nitrogens is 1. The third-order valence-electron chi connectivity index (χ3n) is 2.59. The van der Waals surface area contributed by atoms with Crippen LogP contribution in [-0.4, -0.2) is 10.1 Å². The highest BCUT2D eigenvalue weighted by Gasteiger charge is 2.08. The molecule has 0 aliphatic rings. The van der Waals surface area contributed by atoms with Gasteiger partial charge in [0.1, 0.15) is 0 Å². The summed E-state index contributed by atoms with van der Waals surface area (Å²) in [5, 5.41) is 14.2. The van der Waals surface area contributed by atoms with Crippen molar-refractivity contribution < 1.29 is 5.11 Å². The van der Waals surface area contributed by atoms with Gasteiger partial charge in [-0.1, -0.05) is 0 Å². The summed E-state index contributed by atoms with van der Waals surface area (Å²) in [5.41, 5.74) is 3.21. The van der Waals surface area contributed by atoms with Crippen LogP contribution >= 0.6 is 11.3 Å². The van der Waals surface area contributed by atoms with Crippen LogP contribution in [0.3, 0.4) is 0 Å². The normalized spacial score (nSPS) is 12.6. The molecule has 0 amide bonds. The summed E-state index contributed by atoms with van der Waals surface area (Å²) in [6, 6.07) is 5.93. The number of pyridine rings is 1. The van der Waals surface area contributed by atoms with Gasteiger partial charge in [0.25, 0.3) is 0 Å². The summed E-state index contributed by atoms with van der Waals surface area (Å²) in [7, 11) is 0. The second kappa shape index (κ2) is 5.23. The van der Waals surface area contributed by atoms with E-state index in [0.29, 0.717) is 0 Å². The van der Waals surface area contributed by atoms with E-state index in [1.807, 2.05) is 19.1 Å². The molecule has 0 fully saturated rings. The molecule has 0 bridgehead atoms. The lowest BCUT2D eigenvalue weighted by Gasteiger charge is -2.10. The Kier molecular flexibility index (Phi) is 3.70. The zero-order valence-corrected chi connectivity index (χ0v) is 10.1. The van der Waals surface area contributed by atoms with Crippen molar-refractivity contribution in [2.75, 3.05) is 0 Å². The number of aliphatic hydroxyl groups is 1. The Morgan fingerprint density at radius 2 is 2.31 bits per heavy atom. The second-order valence-electron chi connectivity index (χ2n) is 3.92. The number of thiophene rings is 1. The highest BCUT2D eigenvalue weighted by atomic mass is 32.1. The van der Waals surface area contributed by atoms with Crippen molar-refractivity contribution in [3.63, 3.8) is 0 Å². The zero-order chi connectivity index (χ0) is 11.4. The fourth-order valence-electron chi connectivity index (χ4n) is 1.68. The van der Waals surface area contributed by atoms with Crippen LogP contribution in [0.5, 0.6) is 0 Å². The minimum Gasteiger partial charge on any atom is -0.388 e. The fraction of sp³-hybridized carbons (Fsp3) is 0.308. The molecular weight excluding hydrogens is 218 g/mol. The molecule has 2 nitrogen and oxygen atoms in total. The van der Waals surface area contributed by atoms with E-state index in [1.54, 1.807) is 17.5 Å². The molecule has 0 saturated heterocycles. The van der Waals surface area contributed by atoms with Gasteiger partial charge in [-0.3, -0.25) is 4.98 Å². The van der Waals surface area contributed by atoms with E-state index in [0.717, 1.165) is 24.1 Å². The van der Waals surface area contributed by atoms with Gasteiger partial charge in [-0.05, 0) is 59.9 Å². The first-order valence-electron chi connectivity index (χ1n) is 5.37. The molecule has 0 saturated carbocycles. The predicted octanol–water partition coefficient (Wildman–Crippen LogP) is 3.12. The molecular formula is C13H15NOS. The smallest absolute Gasteiger partial charge is 0.0794 e. The molecule has 0 aliphatic heterocycles. The molecule has 0 aliphatic carbocycles. The number of hydrogen-bond acceptors (Lipinski definition) is 3. The minimum absolute atomic E-state index is 0.387. The summed E-state index contributed by atoms with van der Waals surface area (Å²) in [6.45, 7) is 1.94. The largest absolute Gasteiger partial charge is 0.388 e. The van der Waals surface area contributed by atoms with Gasteiger partial charge in [0.15, 0.2) is 0 Å². The molecule has 2 rings (SSSR count). The molecule has 84 valence electrons. The Hall–Kier alpha value is -1.19. The van der Waals surface area contributed by atoms with E-state index in [9.17, 15) is 5.11 Å². The van der Waals surface area contributed by atoms with E-state index in [2.05, 4.69) is 21.8 Å². The highest BCUT2D eigenvalue weighted by Crippen LogP contribution is 2.19. The molecule has 2 aromatic rings. The Bertz CT molecular complexity index is 439. The van der Waals surface area contributed by atoms with E-state index >= 15 is 0 Å². The average molecular weight is 233 g/mol. The first kappa shape index (κ1) is 11.3. The number of aliphatic hydroxyl groups excluding tert-OH is 1. The van der Waals surface area contributed by atoms with Crippen LogP contribution in [0.2, 0.25) is 0 Å². The van der Waals surface area contributed by atoms with Gasteiger partial charge in [0.2, 0.25) is 0 Å². The third kappa shape index (κ3) is 2.90. The highest BCUT2D eigenvalue weighted by molar-refractivity contribution is 7.07. The number of hydrogen-bond donors (Lipinski definition) is 1. The molecule has 16 heavy (non-hydrogen) atoms. The summed E-state index contributed by atoms with van der Waals surface area (Å²) >= 11 is 1.70.